The molecule has 0 aliphatic carbocycles. The number of rotatable bonds is 1. The quantitative estimate of drug-likeness (QED) is 0.775. The maximum Gasteiger partial charge on any atom is 0.131 e. The molecule has 2 heteroatoms. The molecule has 3 heterocycles. The summed E-state index contributed by atoms with van der Waals surface area (Å²) in [6, 6.07) is 9.97. The minimum atomic E-state index is -0.822. The number of hydrogen-bond donors (Lipinski definition) is 1. The van der Waals surface area contributed by atoms with Gasteiger partial charge >= 0.3 is 0 Å². The molecular weight excluding hydrogens is 198 g/mol. The van der Waals surface area contributed by atoms with E-state index >= 15 is 0 Å². The van der Waals surface area contributed by atoms with E-state index in [1.54, 1.807) is 0 Å². The first-order valence-electron chi connectivity index (χ1n) is 5.95. The molecule has 16 heavy (non-hydrogen) atoms. The second-order valence-electron chi connectivity index (χ2n) is 4.84. The summed E-state index contributed by atoms with van der Waals surface area (Å²) in [6.07, 6.45) is 2.15. The number of aliphatic hydroxyl groups is 1. The number of piperidine rings is 3. The average molecular weight is 215 g/mol. The van der Waals surface area contributed by atoms with Crippen LogP contribution >= 0.6 is 0 Å². The summed E-state index contributed by atoms with van der Waals surface area (Å²) in [4.78, 5) is 2.23. The van der Waals surface area contributed by atoms with Gasteiger partial charge in [-0.2, -0.15) is 0 Å². The van der Waals surface area contributed by atoms with Crippen LogP contribution in [0.4, 0.5) is 0 Å². The Bertz CT molecular complexity index is 406. The van der Waals surface area contributed by atoms with Gasteiger partial charge in [-0.05, 0) is 18.4 Å². The van der Waals surface area contributed by atoms with Gasteiger partial charge in [0, 0.05) is 24.7 Å². The van der Waals surface area contributed by atoms with Crippen molar-refractivity contribution in [3.05, 3.63) is 48.2 Å². The van der Waals surface area contributed by atoms with E-state index in [9.17, 15) is 5.11 Å². The fourth-order valence-corrected chi connectivity index (χ4v) is 3.14. The second kappa shape index (κ2) is 3.36. The van der Waals surface area contributed by atoms with Gasteiger partial charge in [-0.1, -0.05) is 36.9 Å². The molecule has 0 radical (unpaired) electrons. The molecule has 84 valence electrons. The van der Waals surface area contributed by atoms with Gasteiger partial charge in [-0.15, -0.1) is 0 Å². The first-order valence-corrected chi connectivity index (χ1v) is 5.95. The normalized spacial score (nSPS) is 33.2. The molecule has 1 aromatic rings. The molecule has 3 aliphatic rings. The van der Waals surface area contributed by atoms with Crippen LogP contribution in [-0.4, -0.2) is 23.1 Å². The van der Waals surface area contributed by atoms with E-state index in [0.717, 1.165) is 37.2 Å². The van der Waals surface area contributed by atoms with Crippen LogP contribution in [0, 0.1) is 5.92 Å². The number of benzene rings is 1. The van der Waals surface area contributed by atoms with Crippen molar-refractivity contribution in [3.8, 4) is 0 Å². The van der Waals surface area contributed by atoms with Crippen LogP contribution in [0.5, 0.6) is 0 Å². The van der Waals surface area contributed by atoms with Crippen molar-refractivity contribution in [3.63, 3.8) is 0 Å². The molecule has 0 amide bonds. The van der Waals surface area contributed by atoms with Crippen LogP contribution in [0.2, 0.25) is 0 Å². The third-order valence-electron chi connectivity index (χ3n) is 4.12. The highest BCUT2D eigenvalue weighted by molar-refractivity contribution is 5.35. The van der Waals surface area contributed by atoms with Crippen LogP contribution in [0.1, 0.15) is 18.4 Å². The first kappa shape index (κ1) is 9.91. The van der Waals surface area contributed by atoms with Crippen molar-refractivity contribution in [2.75, 3.05) is 13.1 Å². The van der Waals surface area contributed by atoms with Crippen molar-refractivity contribution < 1.29 is 5.11 Å². The van der Waals surface area contributed by atoms with Gasteiger partial charge in [0.15, 0.2) is 0 Å². The number of hydrogen-bond acceptors (Lipinski definition) is 2. The highest BCUT2D eigenvalue weighted by Crippen LogP contribution is 2.48. The molecule has 3 aliphatic heterocycles. The maximum absolute atomic E-state index is 11.0. The van der Waals surface area contributed by atoms with Crippen molar-refractivity contribution in [2.45, 2.75) is 18.4 Å². The lowest BCUT2D eigenvalue weighted by Crippen LogP contribution is -2.54. The largest absolute Gasteiger partial charge is 0.379 e. The topological polar surface area (TPSA) is 23.5 Å². The van der Waals surface area contributed by atoms with Crippen LogP contribution < -0.4 is 0 Å². The molecule has 0 spiro atoms. The molecule has 0 saturated carbocycles. The van der Waals surface area contributed by atoms with Crippen molar-refractivity contribution >= 4 is 0 Å². The summed E-state index contributed by atoms with van der Waals surface area (Å²) in [5, 5.41) is 11.0. The van der Waals surface area contributed by atoms with E-state index in [-0.39, 0.29) is 0 Å². The van der Waals surface area contributed by atoms with Crippen molar-refractivity contribution in [2.24, 2.45) is 5.92 Å². The van der Waals surface area contributed by atoms with Crippen LogP contribution in [0.15, 0.2) is 42.6 Å². The maximum atomic E-state index is 11.0. The van der Waals surface area contributed by atoms with Gasteiger partial charge in [-0.25, -0.2) is 0 Å². The van der Waals surface area contributed by atoms with Gasteiger partial charge in [0.05, 0.1) is 0 Å². The third kappa shape index (κ3) is 1.17. The molecular formula is C14H17NO. The van der Waals surface area contributed by atoms with Crippen LogP contribution in [-0.2, 0) is 5.60 Å². The Balaban J connectivity index is 2.07. The summed E-state index contributed by atoms with van der Waals surface area (Å²) in [6.45, 7) is 6.21. The number of nitrogens with zero attached hydrogens (tertiary/aromatic N) is 1. The lowest BCUT2D eigenvalue weighted by Gasteiger charge is -2.53. The van der Waals surface area contributed by atoms with E-state index in [1.807, 2.05) is 30.3 Å². The summed E-state index contributed by atoms with van der Waals surface area (Å²) in [5.41, 5.74) is 1.06. The lowest BCUT2D eigenvalue weighted by atomic mass is 9.70. The van der Waals surface area contributed by atoms with Crippen LogP contribution in [0.3, 0.4) is 0 Å². The van der Waals surface area contributed by atoms with Crippen molar-refractivity contribution in [1.82, 2.24) is 4.90 Å². The Morgan fingerprint density at radius 1 is 1.19 bits per heavy atom. The summed E-state index contributed by atoms with van der Waals surface area (Å²) in [5.74, 6) is 0.340. The van der Waals surface area contributed by atoms with Gasteiger partial charge < -0.3 is 10.0 Å². The molecule has 4 rings (SSSR count). The Hall–Kier alpha value is -1.28. The monoisotopic (exact) mass is 215 g/mol. The third-order valence-corrected chi connectivity index (χ3v) is 4.12. The molecule has 0 aromatic heterocycles. The second-order valence-corrected chi connectivity index (χ2v) is 4.84. The van der Waals surface area contributed by atoms with E-state index in [2.05, 4.69) is 11.5 Å². The lowest BCUT2D eigenvalue weighted by molar-refractivity contribution is -0.0759. The zero-order valence-electron chi connectivity index (χ0n) is 9.39. The molecule has 3 saturated heterocycles. The summed E-state index contributed by atoms with van der Waals surface area (Å²) < 4.78 is 0. The van der Waals surface area contributed by atoms with Crippen LogP contribution in [0.25, 0.3) is 0 Å². The Kier molecular flexibility index (Phi) is 2.08. The zero-order chi connectivity index (χ0) is 11.2. The molecule has 1 N–H and O–H groups in total. The van der Waals surface area contributed by atoms with E-state index in [4.69, 9.17) is 0 Å². The molecule has 1 atom stereocenters. The Morgan fingerprint density at radius 2 is 1.81 bits per heavy atom. The zero-order valence-corrected chi connectivity index (χ0v) is 9.39. The van der Waals surface area contributed by atoms with E-state index < -0.39 is 5.60 Å². The Labute approximate surface area is 96.2 Å². The fraction of sp³-hybridized carbons (Fsp3) is 0.429. The number of fused-ring (bicyclic) bond motifs is 3. The highest BCUT2D eigenvalue weighted by atomic mass is 16.3. The molecule has 2 bridgehead atoms. The SMILES string of the molecule is C=C1N2CCC(CC2)[C@]1(O)c1ccccc1. The minimum Gasteiger partial charge on any atom is -0.379 e. The standard InChI is InChI=1S/C14H17NO/c1-11-14(16,12-5-3-2-4-6-12)13-7-9-15(11)10-8-13/h2-6,13,16H,1,7-10H2/t14-/m1/s1. The molecule has 0 unspecified atom stereocenters. The predicted octanol–water partition coefficient (Wildman–Crippen LogP) is 2.11. The van der Waals surface area contributed by atoms with Gasteiger partial charge in [-0.3, -0.25) is 0 Å². The molecule has 2 nitrogen and oxygen atoms in total. The smallest absolute Gasteiger partial charge is 0.131 e. The van der Waals surface area contributed by atoms with Gasteiger partial charge in [0.2, 0.25) is 0 Å². The van der Waals surface area contributed by atoms with Crippen molar-refractivity contribution in [1.29, 1.82) is 0 Å². The summed E-state index contributed by atoms with van der Waals surface area (Å²) in [7, 11) is 0. The van der Waals surface area contributed by atoms with Gasteiger partial charge in [0.25, 0.3) is 0 Å². The minimum absolute atomic E-state index is 0.340. The molecule has 1 aromatic carbocycles. The van der Waals surface area contributed by atoms with E-state index in [1.165, 1.54) is 0 Å². The van der Waals surface area contributed by atoms with Gasteiger partial charge in [0.1, 0.15) is 5.60 Å². The van der Waals surface area contributed by atoms with E-state index in [0.29, 0.717) is 5.92 Å². The predicted molar refractivity (Wildman–Crippen MR) is 63.8 cm³/mol. The highest BCUT2D eigenvalue weighted by Gasteiger charge is 2.49. The summed E-state index contributed by atoms with van der Waals surface area (Å²) >= 11 is 0. The fourth-order valence-electron chi connectivity index (χ4n) is 3.14. The average Bonchev–Trinajstić information content (AvgIpc) is 2.37. The first-order chi connectivity index (χ1) is 7.73. The Morgan fingerprint density at radius 3 is 2.38 bits per heavy atom. The molecule has 3 fully saturated rings.